The van der Waals surface area contributed by atoms with Gasteiger partial charge in [0.1, 0.15) is 11.6 Å². The lowest BCUT2D eigenvalue weighted by atomic mass is 9.77. The van der Waals surface area contributed by atoms with Gasteiger partial charge in [0.2, 0.25) is 0 Å². The Morgan fingerprint density at radius 2 is 2.05 bits per heavy atom. The molecule has 1 atom stereocenters. The lowest BCUT2D eigenvalue weighted by Crippen LogP contribution is -2.37. The van der Waals surface area contributed by atoms with E-state index in [0.29, 0.717) is 5.92 Å². The first-order chi connectivity index (χ1) is 9.01. The lowest BCUT2D eigenvalue weighted by molar-refractivity contribution is 0.113. The molecule has 106 valence electrons. The van der Waals surface area contributed by atoms with Gasteiger partial charge in [0, 0.05) is 17.5 Å². The molecule has 1 unspecified atom stereocenters. The highest BCUT2D eigenvalue weighted by Crippen LogP contribution is 2.42. The quantitative estimate of drug-likeness (QED) is 0.786. The molecule has 0 radical (unpaired) electrons. The minimum atomic E-state index is -0.621. The van der Waals surface area contributed by atoms with Crippen LogP contribution in [-0.2, 0) is 6.42 Å². The predicted molar refractivity (Wildman–Crippen MR) is 73.7 cm³/mol. The average Bonchev–Trinajstić information content (AvgIpc) is 3.22. The summed E-state index contributed by atoms with van der Waals surface area (Å²) in [6.07, 6.45) is 3.09. The van der Waals surface area contributed by atoms with E-state index in [1.807, 2.05) is 0 Å². The Kier molecular flexibility index (Phi) is 4.58. The monoisotopic (exact) mass is 333 g/mol. The second-order valence-electron chi connectivity index (χ2n) is 5.51. The van der Waals surface area contributed by atoms with E-state index in [9.17, 15) is 13.9 Å². The topological polar surface area (TPSA) is 46.2 Å². The third-order valence-corrected chi connectivity index (χ3v) is 4.49. The van der Waals surface area contributed by atoms with E-state index in [2.05, 4.69) is 15.9 Å². The van der Waals surface area contributed by atoms with Crippen molar-refractivity contribution >= 4 is 15.9 Å². The molecular formula is C14H18BrF2NO. The van der Waals surface area contributed by atoms with Gasteiger partial charge >= 0.3 is 0 Å². The summed E-state index contributed by atoms with van der Waals surface area (Å²) in [6, 6.07) is 2.58. The molecule has 0 saturated heterocycles. The maximum atomic E-state index is 14.0. The second-order valence-corrected chi connectivity index (χ2v) is 6.36. The van der Waals surface area contributed by atoms with E-state index in [1.165, 1.54) is 12.1 Å². The average molecular weight is 334 g/mol. The van der Waals surface area contributed by atoms with Crippen molar-refractivity contribution in [2.24, 2.45) is 17.1 Å². The third-order valence-electron chi connectivity index (χ3n) is 3.88. The van der Waals surface area contributed by atoms with Crippen molar-refractivity contribution in [2.45, 2.75) is 25.7 Å². The minimum Gasteiger partial charge on any atom is -0.396 e. The van der Waals surface area contributed by atoms with Crippen molar-refractivity contribution in [1.82, 2.24) is 0 Å². The number of halogens is 3. The van der Waals surface area contributed by atoms with Crippen LogP contribution in [0, 0.1) is 23.0 Å². The Labute approximate surface area is 120 Å². The fraction of sp³-hybridized carbons (Fsp3) is 0.571. The first kappa shape index (κ1) is 14.9. The molecule has 5 heteroatoms. The maximum Gasteiger partial charge on any atom is 0.143 e. The smallest absolute Gasteiger partial charge is 0.143 e. The van der Waals surface area contributed by atoms with E-state index in [0.717, 1.165) is 19.3 Å². The van der Waals surface area contributed by atoms with Crippen LogP contribution in [-0.4, -0.2) is 18.3 Å². The predicted octanol–water partition coefficient (Wildman–Crippen LogP) is 3.01. The first-order valence-corrected chi connectivity index (χ1v) is 7.24. The van der Waals surface area contributed by atoms with Gasteiger partial charge in [-0.2, -0.15) is 0 Å². The Hall–Kier alpha value is -0.520. The molecule has 1 saturated carbocycles. The Balaban J connectivity index is 2.27. The van der Waals surface area contributed by atoms with E-state index >= 15 is 0 Å². The first-order valence-electron chi connectivity index (χ1n) is 6.44. The highest BCUT2D eigenvalue weighted by Gasteiger charge is 2.37. The summed E-state index contributed by atoms with van der Waals surface area (Å²) >= 11 is 3.06. The van der Waals surface area contributed by atoms with Crippen molar-refractivity contribution in [3.8, 4) is 0 Å². The normalized spacial score (nSPS) is 18.4. The van der Waals surface area contributed by atoms with Crippen molar-refractivity contribution in [3.05, 3.63) is 33.8 Å². The molecule has 0 aromatic heterocycles. The molecule has 0 bridgehead atoms. The summed E-state index contributed by atoms with van der Waals surface area (Å²) in [5.41, 5.74) is 5.15. The van der Waals surface area contributed by atoms with Crippen LogP contribution in [0.2, 0.25) is 0 Å². The Bertz CT molecular complexity index is 459. The molecule has 0 aliphatic heterocycles. The van der Waals surface area contributed by atoms with Gasteiger partial charge in [0.05, 0.1) is 11.1 Å². The second kappa shape index (κ2) is 5.85. The summed E-state index contributed by atoms with van der Waals surface area (Å²) in [4.78, 5) is 0. The third kappa shape index (κ3) is 3.33. The number of nitrogens with two attached hydrogens (primary N) is 1. The molecule has 0 heterocycles. The maximum absolute atomic E-state index is 14.0. The fourth-order valence-electron chi connectivity index (χ4n) is 2.45. The largest absolute Gasteiger partial charge is 0.396 e. The molecule has 0 spiro atoms. The van der Waals surface area contributed by atoms with Crippen LogP contribution < -0.4 is 5.73 Å². The number of hydrogen-bond acceptors (Lipinski definition) is 2. The lowest BCUT2D eigenvalue weighted by Gasteiger charge is -2.31. The molecular weight excluding hydrogens is 316 g/mol. The zero-order valence-electron chi connectivity index (χ0n) is 10.6. The fourth-order valence-corrected chi connectivity index (χ4v) is 2.82. The minimum absolute atomic E-state index is 0.00882. The Morgan fingerprint density at radius 3 is 2.58 bits per heavy atom. The van der Waals surface area contributed by atoms with Gasteiger partial charge < -0.3 is 10.8 Å². The van der Waals surface area contributed by atoms with Crippen molar-refractivity contribution in [2.75, 3.05) is 13.2 Å². The van der Waals surface area contributed by atoms with Crippen LogP contribution in [0.15, 0.2) is 16.6 Å². The summed E-state index contributed by atoms with van der Waals surface area (Å²) in [5, 5.41) is 9.63. The number of aliphatic hydroxyl groups is 1. The summed E-state index contributed by atoms with van der Waals surface area (Å²) < 4.78 is 28.0. The van der Waals surface area contributed by atoms with E-state index in [-0.39, 0.29) is 29.6 Å². The molecule has 0 amide bonds. The van der Waals surface area contributed by atoms with Gasteiger partial charge in [-0.1, -0.05) is 12.8 Å². The molecule has 19 heavy (non-hydrogen) atoms. The van der Waals surface area contributed by atoms with Crippen molar-refractivity contribution in [3.63, 3.8) is 0 Å². The standard InChI is InChI=1S/C14H18BrF2NO/c15-11-3-4-12(16)10(13(11)17)6-14(7-18,8-19)5-9-1-2-9/h3-4,9,19H,1-2,5-8,18H2. The van der Waals surface area contributed by atoms with Gasteiger partial charge in [-0.15, -0.1) is 0 Å². The van der Waals surface area contributed by atoms with Gasteiger partial charge in [0.15, 0.2) is 0 Å². The van der Waals surface area contributed by atoms with E-state index < -0.39 is 17.0 Å². The molecule has 2 rings (SSSR count). The van der Waals surface area contributed by atoms with Crippen LogP contribution in [0.1, 0.15) is 24.8 Å². The number of benzene rings is 1. The van der Waals surface area contributed by atoms with Crippen LogP contribution in [0.5, 0.6) is 0 Å². The van der Waals surface area contributed by atoms with Gasteiger partial charge in [0.25, 0.3) is 0 Å². The zero-order chi connectivity index (χ0) is 14.0. The molecule has 1 fully saturated rings. The molecule has 1 aliphatic carbocycles. The van der Waals surface area contributed by atoms with Crippen LogP contribution in [0.3, 0.4) is 0 Å². The van der Waals surface area contributed by atoms with Crippen LogP contribution >= 0.6 is 15.9 Å². The highest BCUT2D eigenvalue weighted by molar-refractivity contribution is 9.10. The molecule has 3 N–H and O–H groups in total. The zero-order valence-corrected chi connectivity index (χ0v) is 12.2. The molecule has 1 aromatic rings. The number of rotatable bonds is 6. The number of hydrogen-bond donors (Lipinski definition) is 2. The molecule has 2 nitrogen and oxygen atoms in total. The number of aliphatic hydroxyl groups excluding tert-OH is 1. The molecule has 1 aromatic carbocycles. The van der Waals surface area contributed by atoms with Crippen LogP contribution in [0.4, 0.5) is 8.78 Å². The van der Waals surface area contributed by atoms with E-state index in [4.69, 9.17) is 5.73 Å². The highest BCUT2D eigenvalue weighted by atomic mass is 79.9. The van der Waals surface area contributed by atoms with Crippen molar-refractivity contribution in [1.29, 1.82) is 0 Å². The molecule has 1 aliphatic rings. The van der Waals surface area contributed by atoms with E-state index in [1.54, 1.807) is 0 Å². The summed E-state index contributed by atoms with van der Waals surface area (Å²) in [5.74, 6) is -0.640. The van der Waals surface area contributed by atoms with Gasteiger partial charge in [-0.05, 0) is 46.8 Å². The SMILES string of the molecule is NCC(CO)(Cc1c(F)ccc(Br)c1F)CC1CC1. The Morgan fingerprint density at radius 1 is 1.37 bits per heavy atom. The van der Waals surface area contributed by atoms with Crippen molar-refractivity contribution < 1.29 is 13.9 Å². The van der Waals surface area contributed by atoms with Crippen LogP contribution in [0.25, 0.3) is 0 Å². The summed E-state index contributed by atoms with van der Waals surface area (Å²) in [7, 11) is 0. The summed E-state index contributed by atoms with van der Waals surface area (Å²) in [6.45, 7) is 0.0801. The van der Waals surface area contributed by atoms with Gasteiger partial charge in [-0.25, -0.2) is 8.78 Å². The van der Waals surface area contributed by atoms with Gasteiger partial charge in [-0.3, -0.25) is 0 Å².